The summed E-state index contributed by atoms with van der Waals surface area (Å²) in [4.78, 5) is 17.0. The molecule has 0 bridgehead atoms. The van der Waals surface area contributed by atoms with Gasteiger partial charge in [0.15, 0.2) is 0 Å². The van der Waals surface area contributed by atoms with E-state index in [1.807, 2.05) is 67.0 Å². The first-order valence-corrected chi connectivity index (χ1v) is 11.9. The van der Waals surface area contributed by atoms with Crippen LogP contribution in [-0.2, 0) is 21.4 Å². The summed E-state index contributed by atoms with van der Waals surface area (Å²) in [5.41, 5.74) is 3.16. The maximum absolute atomic E-state index is 13.0. The van der Waals surface area contributed by atoms with Crippen molar-refractivity contribution in [1.29, 1.82) is 0 Å². The van der Waals surface area contributed by atoms with Gasteiger partial charge in [-0.05, 0) is 49.6 Å². The Balaban J connectivity index is 1.57. The zero-order chi connectivity index (χ0) is 21.7. The molecule has 0 aliphatic carbocycles. The smallest absolute Gasteiger partial charge is 0.243 e. The van der Waals surface area contributed by atoms with Crippen molar-refractivity contribution in [2.24, 2.45) is 0 Å². The highest BCUT2D eigenvalue weighted by Crippen LogP contribution is 2.20. The van der Waals surface area contributed by atoms with Crippen LogP contribution in [0.25, 0.3) is 0 Å². The van der Waals surface area contributed by atoms with E-state index < -0.39 is 10.0 Å². The van der Waals surface area contributed by atoms with Gasteiger partial charge in [-0.15, -0.1) is 0 Å². The lowest BCUT2D eigenvalue weighted by molar-refractivity contribution is -0.133. The number of sulfonamides is 1. The quantitative estimate of drug-likeness (QED) is 0.679. The highest BCUT2D eigenvalue weighted by Gasteiger charge is 2.29. The Bertz CT molecular complexity index is 968. The van der Waals surface area contributed by atoms with Crippen LogP contribution in [-0.4, -0.2) is 67.7 Å². The average molecular weight is 430 g/mol. The Labute approximate surface area is 180 Å². The molecule has 6 nitrogen and oxygen atoms in total. The van der Waals surface area contributed by atoms with E-state index in [9.17, 15) is 13.2 Å². The van der Waals surface area contributed by atoms with E-state index >= 15 is 0 Å². The standard InChI is InChI=1S/C23H31N3O3S/c1-4-25(17-21-8-6-5-7-9-21)23(27)18-24-12-14-26(15-13-24)30(28,29)22-11-10-19(2)20(3)16-22/h5-11,16H,4,12-15,17-18H2,1-3H3. The normalized spacial score (nSPS) is 15.8. The summed E-state index contributed by atoms with van der Waals surface area (Å²) in [5.74, 6) is 0.0758. The molecule has 162 valence electrons. The number of aryl methyl sites for hydroxylation is 2. The molecule has 1 aliphatic rings. The fraction of sp³-hybridized carbons (Fsp3) is 0.435. The Morgan fingerprint density at radius 2 is 1.63 bits per heavy atom. The van der Waals surface area contributed by atoms with Crippen LogP contribution in [0.4, 0.5) is 0 Å². The van der Waals surface area contributed by atoms with Crippen LogP contribution in [0.3, 0.4) is 0 Å². The number of hydrogen-bond donors (Lipinski definition) is 0. The summed E-state index contributed by atoms with van der Waals surface area (Å²) in [5, 5.41) is 0. The molecular formula is C23H31N3O3S. The molecule has 2 aromatic rings. The Hall–Kier alpha value is -2.22. The third-order valence-corrected chi connectivity index (χ3v) is 7.65. The molecule has 1 aliphatic heterocycles. The molecule has 1 heterocycles. The average Bonchev–Trinajstić information content (AvgIpc) is 2.75. The number of carbonyl (C=O) groups is 1. The fourth-order valence-electron chi connectivity index (χ4n) is 3.62. The molecule has 7 heteroatoms. The first kappa shape index (κ1) is 22.5. The van der Waals surface area contributed by atoms with Crippen LogP contribution in [0.15, 0.2) is 53.4 Å². The maximum atomic E-state index is 13.0. The lowest BCUT2D eigenvalue weighted by atomic mass is 10.1. The van der Waals surface area contributed by atoms with Crippen LogP contribution >= 0.6 is 0 Å². The highest BCUT2D eigenvalue weighted by atomic mass is 32.2. The predicted molar refractivity (Wildman–Crippen MR) is 119 cm³/mol. The number of rotatable bonds is 7. The van der Waals surface area contributed by atoms with Crippen molar-refractivity contribution in [2.75, 3.05) is 39.3 Å². The van der Waals surface area contributed by atoms with Gasteiger partial charge >= 0.3 is 0 Å². The van der Waals surface area contributed by atoms with Gasteiger partial charge in [-0.3, -0.25) is 9.69 Å². The van der Waals surface area contributed by atoms with Crippen LogP contribution in [0.1, 0.15) is 23.6 Å². The van der Waals surface area contributed by atoms with Gasteiger partial charge in [-0.25, -0.2) is 8.42 Å². The summed E-state index contributed by atoms with van der Waals surface area (Å²) in [7, 11) is -3.50. The first-order chi connectivity index (χ1) is 14.3. The monoisotopic (exact) mass is 429 g/mol. The first-order valence-electron chi connectivity index (χ1n) is 10.4. The minimum absolute atomic E-state index is 0.0758. The molecule has 3 rings (SSSR count). The van der Waals surface area contributed by atoms with E-state index in [4.69, 9.17) is 0 Å². The molecule has 0 N–H and O–H groups in total. The molecule has 0 atom stereocenters. The van der Waals surface area contributed by atoms with E-state index in [0.29, 0.717) is 50.7 Å². The van der Waals surface area contributed by atoms with Crippen molar-refractivity contribution in [1.82, 2.24) is 14.1 Å². The summed E-state index contributed by atoms with van der Waals surface area (Å²) >= 11 is 0. The number of benzene rings is 2. The summed E-state index contributed by atoms with van der Waals surface area (Å²) < 4.78 is 27.5. The van der Waals surface area contributed by atoms with Gasteiger partial charge in [0.1, 0.15) is 0 Å². The molecule has 0 aromatic heterocycles. The Morgan fingerprint density at radius 1 is 0.967 bits per heavy atom. The lowest BCUT2D eigenvalue weighted by Crippen LogP contribution is -2.51. The second-order valence-electron chi connectivity index (χ2n) is 7.82. The highest BCUT2D eigenvalue weighted by molar-refractivity contribution is 7.89. The molecule has 30 heavy (non-hydrogen) atoms. The van der Waals surface area contributed by atoms with Gasteiger partial charge in [0.2, 0.25) is 15.9 Å². The van der Waals surface area contributed by atoms with Gasteiger partial charge in [0.25, 0.3) is 0 Å². The molecule has 1 saturated heterocycles. The molecule has 0 radical (unpaired) electrons. The Kier molecular flexibility index (Phi) is 7.28. The van der Waals surface area contributed by atoms with Gasteiger partial charge in [-0.1, -0.05) is 36.4 Å². The van der Waals surface area contributed by atoms with Crippen LogP contribution in [0.5, 0.6) is 0 Å². The van der Waals surface area contributed by atoms with Crippen molar-refractivity contribution in [2.45, 2.75) is 32.2 Å². The maximum Gasteiger partial charge on any atom is 0.243 e. The summed E-state index contributed by atoms with van der Waals surface area (Å²) in [6.45, 7) is 9.34. The number of hydrogen-bond acceptors (Lipinski definition) is 4. The molecule has 0 unspecified atom stereocenters. The Morgan fingerprint density at radius 3 is 2.23 bits per heavy atom. The molecule has 0 saturated carbocycles. The van der Waals surface area contributed by atoms with Gasteiger partial charge < -0.3 is 4.90 Å². The van der Waals surface area contributed by atoms with Crippen LogP contribution in [0.2, 0.25) is 0 Å². The van der Waals surface area contributed by atoms with E-state index in [2.05, 4.69) is 0 Å². The van der Waals surface area contributed by atoms with E-state index in [0.717, 1.165) is 16.7 Å². The SMILES string of the molecule is CCN(Cc1ccccc1)C(=O)CN1CCN(S(=O)(=O)c2ccc(C)c(C)c2)CC1. The fourth-order valence-corrected chi connectivity index (χ4v) is 5.13. The number of piperazine rings is 1. The predicted octanol–water partition coefficient (Wildman–Crippen LogP) is 2.66. The minimum Gasteiger partial charge on any atom is -0.338 e. The van der Waals surface area contributed by atoms with Crippen molar-refractivity contribution >= 4 is 15.9 Å². The summed E-state index contributed by atoms with van der Waals surface area (Å²) in [6.07, 6.45) is 0. The minimum atomic E-state index is -3.50. The van der Waals surface area contributed by atoms with Crippen molar-refractivity contribution < 1.29 is 13.2 Å². The van der Waals surface area contributed by atoms with E-state index in [-0.39, 0.29) is 5.91 Å². The van der Waals surface area contributed by atoms with Gasteiger partial charge in [0.05, 0.1) is 11.4 Å². The zero-order valence-corrected chi connectivity index (χ0v) is 18.9. The second kappa shape index (κ2) is 9.73. The zero-order valence-electron chi connectivity index (χ0n) is 18.0. The van der Waals surface area contributed by atoms with Gasteiger partial charge in [-0.2, -0.15) is 4.31 Å². The molecule has 2 aromatic carbocycles. The third kappa shape index (κ3) is 5.28. The van der Waals surface area contributed by atoms with Crippen molar-refractivity contribution in [3.8, 4) is 0 Å². The van der Waals surface area contributed by atoms with Crippen molar-refractivity contribution in [3.63, 3.8) is 0 Å². The molecule has 1 fully saturated rings. The van der Waals surface area contributed by atoms with E-state index in [1.165, 1.54) is 4.31 Å². The van der Waals surface area contributed by atoms with Crippen molar-refractivity contribution in [3.05, 3.63) is 65.2 Å². The third-order valence-electron chi connectivity index (χ3n) is 5.76. The van der Waals surface area contributed by atoms with Crippen LogP contribution < -0.4 is 0 Å². The molecule has 0 spiro atoms. The van der Waals surface area contributed by atoms with Gasteiger partial charge in [0, 0.05) is 39.3 Å². The largest absolute Gasteiger partial charge is 0.338 e. The van der Waals surface area contributed by atoms with Crippen LogP contribution in [0, 0.1) is 13.8 Å². The number of amides is 1. The number of nitrogens with zero attached hydrogens (tertiary/aromatic N) is 3. The lowest BCUT2D eigenvalue weighted by Gasteiger charge is -2.34. The molecular weight excluding hydrogens is 398 g/mol. The molecule has 1 amide bonds. The topological polar surface area (TPSA) is 60.9 Å². The van der Waals surface area contributed by atoms with E-state index in [1.54, 1.807) is 12.1 Å². The summed E-state index contributed by atoms with van der Waals surface area (Å²) in [6, 6.07) is 15.2. The second-order valence-corrected chi connectivity index (χ2v) is 9.76. The number of likely N-dealkylation sites (N-methyl/N-ethyl adjacent to an activating group) is 1. The number of carbonyl (C=O) groups excluding carboxylic acids is 1.